The quantitative estimate of drug-likeness (QED) is 0.754. The average Bonchev–Trinajstić information content (AvgIpc) is 3.22. The van der Waals surface area contributed by atoms with Gasteiger partial charge in [0.2, 0.25) is 5.91 Å². The van der Waals surface area contributed by atoms with Crippen LogP contribution < -0.4 is 10.1 Å². The fourth-order valence-electron chi connectivity index (χ4n) is 3.33. The molecule has 0 radical (unpaired) electrons. The van der Waals surface area contributed by atoms with E-state index in [1.807, 2.05) is 31.2 Å². The van der Waals surface area contributed by atoms with Crippen LogP contribution in [0.1, 0.15) is 25.3 Å². The first kappa shape index (κ1) is 20.3. The lowest BCUT2D eigenvalue weighted by Crippen LogP contribution is -2.45. The van der Waals surface area contributed by atoms with Crippen LogP contribution in [0.25, 0.3) is 0 Å². The third kappa shape index (κ3) is 4.36. The summed E-state index contributed by atoms with van der Waals surface area (Å²) >= 11 is 0. The van der Waals surface area contributed by atoms with Crippen molar-refractivity contribution in [1.82, 2.24) is 19.2 Å². The Labute approximate surface area is 165 Å². The summed E-state index contributed by atoms with van der Waals surface area (Å²) in [5.74, 6) is 0.179. The molecule has 152 valence electrons. The molecule has 1 atom stereocenters. The van der Waals surface area contributed by atoms with E-state index in [1.54, 1.807) is 11.7 Å². The van der Waals surface area contributed by atoms with E-state index in [2.05, 4.69) is 10.3 Å². The summed E-state index contributed by atoms with van der Waals surface area (Å²) in [6.45, 7) is 3.47. The highest BCUT2D eigenvalue weighted by atomic mass is 32.2. The number of aromatic nitrogens is 2. The molecule has 1 N–H and O–H groups in total. The summed E-state index contributed by atoms with van der Waals surface area (Å²) in [5.41, 5.74) is 0.878. The van der Waals surface area contributed by atoms with Gasteiger partial charge in [0.1, 0.15) is 5.75 Å². The van der Waals surface area contributed by atoms with Crippen LogP contribution in [-0.4, -0.2) is 48.4 Å². The van der Waals surface area contributed by atoms with Crippen LogP contribution in [-0.2, 0) is 27.9 Å². The molecule has 2 aromatic rings. The van der Waals surface area contributed by atoms with Crippen LogP contribution in [0.3, 0.4) is 0 Å². The first-order valence-corrected chi connectivity index (χ1v) is 10.8. The number of hydrogen-bond acceptors (Lipinski definition) is 5. The molecule has 1 fully saturated rings. The number of carbonyl (C=O) groups is 1. The number of ether oxygens (including phenoxy) is 1. The lowest BCUT2D eigenvalue weighted by Gasteiger charge is -2.30. The lowest BCUT2D eigenvalue weighted by atomic mass is 9.98. The standard InChI is InChI=1S/C19H26N4O4S/c1-3-22-13-18(21-14-22)28(25,26)23-10-6-8-16(12-23)19(24)20-11-15-7-4-5-9-17(15)27-2/h4-5,7,9,13-14,16H,3,6,8,10-12H2,1-2H3,(H,20,24)/t16-/m0/s1. The molecule has 1 saturated heterocycles. The molecule has 0 unspecified atom stereocenters. The normalized spacial score (nSPS) is 18.0. The first-order valence-electron chi connectivity index (χ1n) is 9.37. The van der Waals surface area contributed by atoms with E-state index in [1.165, 1.54) is 16.8 Å². The van der Waals surface area contributed by atoms with Gasteiger partial charge in [-0.3, -0.25) is 4.79 Å². The maximum Gasteiger partial charge on any atom is 0.262 e. The van der Waals surface area contributed by atoms with Gasteiger partial charge in [-0.2, -0.15) is 4.31 Å². The third-order valence-electron chi connectivity index (χ3n) is 4.98. The first-order chi connectivity index (χ1) is 13.5. The number of aryl methyl sites for hydroxylation is 1. The molecule has 2 heterocycles. The Morgan fingerprint density at radius 3 is 2.86 bits per heavy atom. The topological polar surface area (TPSA) is 93.5 Å². The molecule has 0 bridgehead atoms. The van der Waals surface area contributed by atoms with E-state index in [0.29, 0.717) is 38.2 Å². The van der Waals surface area contributed by atoms with Crippen molar-refractivity contribution >= 4 is 15.9 Å². The number of hydrogen-bond donors (Lipinski definition) is 1. The van der Waals surface area contributed by atoms with Crippen molar-refractivity contribution in [3.63, 3.8) is 0 Å². The van der Waals surface area contributed by atoms with E-state index in [4.69, 9.17) is 4.74 Å². The van der Waals surface area contributed by atoms with Crippen molar-refractivity contribution in [2.45, 2.75) is 37.9 Å². The van der Waals surface area contributed by atoms with Crippen LogP contribution in [0, 0.1) is 5.92 Å². The summed E-state index contributed by atoms with van der Waals surface area (Å²) in [6, 6.07) is 7.48. The molecule has 8 nitrogen and oxygen atoms in total. The van der Waals surface area contributed by atoms with Crippen LogP contribution in [0.2, 0.25) is 0 Å². The maximum absolute atomic E-state index is 12.8. The Morgan fingerprint density at radius 2 is 2.14 bits per heavy atom. The van der Waals surface area contributed by atoms with E-state index in [9.17, 15) is 13.2 Å². The third-order valence-corrected chi connectivity index (χ3v) is 6.73. The molecule has 0 aliphatic carbocycles. The second kappa shape index (κ2) is 8.74. The number of carbonyl (C=O) groups excluding carboxylic acids is 1. The maximum atomic E-state index is 12.8. The highest BCUT2D eigenvalue weighted by Gasteiger charge is 2.34. The summed E-state index contributed by atoms with van der Waals surface area (Å²) < 4.78 is 34.1. The van der Waals surface area contributed by atoms with Gasteiger partial charge in [0.05, 0.1) is 19.4 Å². The van der Waals surface area contributed by atoms with Crippen molar-refractivity contribution in [1.29, 1.82) is 0 Å². The van der Waals surface area contributed by atoms with Crippen LogP contribution in [0.15, 0.2) is 41.8 Å². The van der Waals surface area contributed by atoms with Crippen LogP contribution in [0.4, 0.5) is 0 Å². The zero-order valence-corrected chi connectivity index (χ0v) is 17.0. The smallest absolute Gasteiger partial charge is 0.262 e. The monoisotopic (exact) mass is 406 g/mol. The molecule has 1 aromatic carbocycles. The summed E-state index contributed by atoms with van der Waals surface area (Å²) in [4.78, 5) is 16.7. The van der Waals surface area contributed by atoms with Gasteiger partial charge in [0, 0.05) is 37.9 Å². The highest BCUT2D eigenvalue weighted by molar-refractivity contribution is 7.89. The average molecular weight is 407 g/mol. The van der Waals surface area contributed by atoms with Gasteiger partial charge in [-0.25, -0.2) is 13.4 Å². The van der Waals surface area contributed by atoms with Gasteiger partial charge in [-0.15, -0.1) is 0 Å². The van der Waals surface area contributed by atoms with Crippen molar-refractivity contribution in [3.05, 3.63) is 42.4 Å². The van der Waals surface area contributed by atoms with E-state index in [0.717, 1.165) is 5.56 Å². The van der Waals surface area contributed by atoms with Crippen LogP contribution >= 0.6 is 0 Å². The number of benzene rings is 1. The minimum atomic E-state index is -3.69. The van der Waals surface area contributed by atoms with Gasteiger partial charge in [0.25, 0.3) is 10.0 Å². The molecule has 1 aliphatic heterocycles. The van der Waals surface area contributed by atoms with Crippen LogP contribution in [0.5, 0.6) is 5.75 Å². The van der Waals surface area contributed by atoms with Gasteiger partial charge < -0.3 is 14.6 Å². The molecule has 1 aliphatic rings. The molecule has 0 spiro atoms. The molecule has 0 saturated carbocycles. The molecule has 28 heavy (non-hydrogen) atoms. The van der Waals surface area contributed by atoms with E-state index >= 15 is 0 Å². The number of piperidine rings is 1. The second-order valence-electron chi connectivity index (χ2n) is 6.77. The number of imidazole rings is 1. The Kier molecular flexibility index (Phi) is 6.35. The molecule has 1 aromatic heterocycles. The minimum absolute atomic E-state index is 0.0319. The number of rotatable bonds is 7. The number of amides is 1. The second-order valence-corrected chi connectivity index (χ2v) is 8.66. The summed E-state index contributed by atoms with van der Waals surface area (Å²) in [5, 5.41) is 2.94. The van der Waals surface area contributed by atoms with Crippen molar-refractivity contribution in [3.8, 4) is 5.75 Å². The predicted octanol–water partition coefficient (Wildman–Crippen LogP) is 1.63. The Bertz CT molecular complexity index is 926. The molecule has 9 heteroatoms. The summed E-state index contributed by atoms with van der Waals surface area (Å²) in [7, 11) is -2.11. The molecule has 3 rings (SSSR count). The molecular weight excluding hydrogens is 380 g/mol. The number of nitrogens with one attached hydrogen (secondary N) is 1. The fourth-order valence-corrected chi connectivity index (χ4v) is 4.79. The Balaban J connectivity index is 1.64. The van der Waals surface area contributed by atoms with E-state index in [-0.39, 0.29) is 23.4 Å². The number of para-hydroxylation sites is 1. The number of methoxy groups -OCH3 is 1. The predicted molar refractivity (Wildman–Crippen MR) is 104 cm³/mol. The van der Waals surface area contributed by atoms with Gasteiger partial charge >= 0.3 is 0 Å². The van der Waals surface area contributed by atoms with Crippen molar-refractivity contribution in [2.75, 3.05) is 20.2 Å². The molecule has 1 amide bonds. The van der Waals surface area contributed by atoms with Crippen molar-refractivity contribution < 1.29 is 17.9 Å². The zero-order chi connectivity index (χ0) is 20.1. The number of nitrogens with zero attached hydrogens (tertiary/aromatic N) is 3. The van der Waals surface area contributed by atoms with E-state index < -0.39 is 10.0 Å². The van der Waals surface area contributed by atoms with Crippen molar-refractivity contribution in [2.24, 2.45) is 5.92 Å². The lowest BCUT2D eigenvalue weighted by molar-refractivity contribution is -0.126. The largest absolute Gasteiger partial charge is 0.496 e. The highest BCUT2D eigenvalue weighted by Crippen LogP contribution is 2.24. The molecular formula is C19H26N4O4S. The summed E-state index contributed by atoms with van der Waals surface area (Å²) in [6.07, 6.45) is 4.34. The Morgan fingerprint density at radius 1 is 1.36 bits per heavy atom. The van der Waals surface area contributed by atoms with Gasteiger partial charge in [-0.05, 0) is 25.8 Å². The minimum Gasteiger partial charge on any atom is -0.496 e. The van der Waals surface area contributed by atoms with Gasteiger partial charge in [0.15, 0.2) is 5.03 Å². The SMILES string of the molecule is CCn1cnc(S(=O)(=O)N2CCC[C@H](C(=O)NCc3ccccc3OC)C2)c1. The Hall–Kier alpha value is -2.39. The zero-order valence-electron chi connectivity index (χ0n) is 16.2. The number of sulfonamides is 1. The fraction of sp³-hybridized carbons (Fsp3) is 0.474. The van der Waals surface area contributed by atoms with Gasteiger partial charge in [-0.1, -0.05) is 18.2 Å².